The van der Waals surface area contributed by atoms with Crippen LogP contribution in [0.3, 0.4) is 0 Å². The first-order chi connectivity index (χ1) is 12.8. The highest BCUT2D eigenvalue weighted by Gasteiger charge is 2.33. The minimum Gasteiger partial charge on any atom is -0.340 e. The summed E-state index contributed by atoms with van der Waals surface area (Å²) in [5.41, 5.74) is 7.84. The van der Waals surface area contributed by atoms with Gasteiger partial charge in [0.15, 0.2) is 0 Å². The van der Waals surface area contributed by atoms with Gasteiger partial charge in [0, 0.05) is 25.0 Å². The maximum absolute atomic E-state index is 12.6. The van der Waals surface area contributed by atoms with E-state index in [1.807, 2.05) is 30.3 Å². The minimum atomic E-state index is -4.63. The lowest BCUT2D eigenvalue weighted by molar-refractivity contribution is -0.129. The number of rotatable bonds is 5. The molecule has 1 heterocycles. The van der Waals surface area contributed by atoms with Gasteiger partial charge >= 0.3 is 5.76 Å². The molecule has 2 aromatic carbocycles. The second kappa shape index (κ2) is 7.74. The maximum Gasteiger partial charge on any atom is 0.341 e. The monoisotopic (exact) mass is 394 g/mol. The molecule has 1 saturated heterocycles. The standard InChI is InChI=1S/C19H20F2N2O3S/c20-19(21)27(25,26)15-8-6-13(7-9-15)10-18(24)23-11-16(17(22)12-23)14-4-2-1-3-5-14/h1-9,16-17,19H,10-12,22H2/t16-,17+/m0/s1. The van der Waals surface area contributed by atoms with Crippen LogP contribution >= 0.6 is 0 Å². The lowest BCUT2D eigenvalue weighted by Crippen LogP contribution is -2.33. The molecule has 0 unspecified atom stereocenters. The van der Waals surface area contributed by atoms with E-state index in [4.69, 9.17) is 5.73 Å². The fourth-order valence-electron chi connectivity index (χ4n) is 3.27. The van der Waals surface area contributed by atoms with E-state index < -0.39 is 20.5 Å². The molecule has 0 bridgehead atoms. The molecule has 27 heavy (non-hydrogen) atoms. The van der Waals surface area contributed by atoms with E-state index in [1.54, 1.807) is 4.90 Å². The average molecular weight is 394 g/mol. The van der Waals surface area contributed by atoms with Crippen LogP contribution in [0.1, 0.15) is 17.0 Å². The van der Waals surface area contributed by atoms with E-state index in [2.05, 4.69) is 0 Å². The highest BCUT2D eigenvalue weighted by Crippen LogP contribution is 2.27. The molecule has 2 aromatic rings. The summed E-state index contributed by atoms with van der Waals surface area (Å²) >= 11 is 0. The van der Waals surface area contributed by atoms with Crippen molar-refractivity contribution in [3.63, 3.8) is 0 Å². The third-order valence-corrected chi connectivity index (χ3v) is 6.19. The fourth-order valence-corrected chi connectivity index (χ4v) is 3.99. The molecule has 1 aliphatic rings. The number of carbonyl (C=O) groups excluding carboxylic acids is 1. The summed E-state index contributed by atoms with van der Waals surface area (Å²) in [6.45, 7) is 0.956. The van der Waals surface area contributed by atoms with Gasteiger partial charge in [-0.15, -0.1) is 0 Å². The van der Waals surface area contributed by atoms with Gasteiger partial charge < -0.3 is 10.6 Å². The number of halogens is 2. The molecule has 0 saturated carbocycles. The van der Waals surface area contributed by atoms with Crippen molar-refractivity contribution in [2.24, 2.45) is 5.73 Å². The molecule has 2 atom stereocenters. The molecule has 3 rings (SSSR count). The lowest BCUT2D eigenvalue weighted by atomic mass is 9.95. The molecule has 144 valence electrons. The Morgan fingerprint density at radius 1 is 1.07 bits per heavy atom. The van der Waals surface area contributed by atoms with E-state index in [1.165, 1.54) is 12.1 Å². The van der Waals surface area contributed by atoms with Gasteiger partial charge in [0.05, 0.1) is 11.3 Å². The number of sulfone groups is 1. The van der Waals surface area contributed by atoms with Crippen molar-refractivity contribution in [1.29, 1.82) is 0 Å². The summed E-state index contributed by atoms with van der Waals surface area (Å²) in [6, 6.07) is 14.6. The number of benzene rings is 2. The number of nitrogens with two attached hydrogens (primary N) is 1. The lowest BCUT2D eigenvalue weighted by Gasteiger charge is -2.16. The molecule has 8 heteroatoms. The van der Waals surface area contributed by atoms with E-state index in [9.17, 15) is 22.0 Å². The van der Waals surface area contributed by atoms with Crippen LogP contribution in [0.5, 0.6) is 0 Å². The maximum atomic E-state index is 12.6. The van der Waals surface area contributed by atoms with Gasteiger partial charge in [-0.3, -0.25) is 4.79 Å². The SMILES string of the molecule is N[C@@H]1CN(C(=O)Cc2ccc(S(=O)(=O)C(F)F)cc2)C[C@H]1c1ccccc1. The number of hydrogen-bond acceptors (Lipinski definition) is 4. The van der Waals surface area contributed by atoms with Crippen LogP contribution < -0.4 is 5.73 Å². The summed E-state index contributed by atoms with van der Waals surface area (Å²) in [4.78, 5) is 13.8. The van der Waals surface area contributed by atoms with Crippen molar-refractivity contribution in [2.75, 3.05) is 13.1 Å². The summed E-state index contributed by atoms with van der Waals surface area (Å²) in [6.07, 6.45) is 0.0588. The average Bonchev–Trinajstić information content (AvgIpc) is 3.04. The van der Waals surface area contributed by atoms with Crippen LogP contribution in [0.25, 0.3) is 0 Å². The van der Waals surface area contributed by atoms with Crippen LogP contribution in [0.4, 0.5) is 8.78 Å². The van der Waals surface area contributed by atoms with Crippen LogP contribution in [-0.2, 0) is 21.1 Å². The van der Waals surface area contributed by atoms with Crippen LogP contribution in [0.2, 0.25) is 0 Å². The molecule has 0 radical (unpaired) electrons. The molecule has 0 spiro atoms. The molecule has 1 fully saturated rings. The van der Waals surface area contributed by atoms with Crippen molar-refractivity contribution in [3.05, 3.63) is 65.7 Å². The quantitative estimate of drug-likeness (QED) is 0.843. The van der Waals surface area contributed by atoms with Crippen molar-refractivity contribution in [1.82, 2.24) is 4.90 Å². The summed E-state index contributed by atoms with van der Waals surface area (Å²) < 4.78 is 48.0. The molecule has 2 N–H and O–H groups in total. The van der Waals surface area contributed by atoms with Crippen molar-refractivity contribution in [3.8, 4) is 0 Å². The van der Waals surface area contributed by atoms with E-state index >= 15 is 0 Å². The van der Waals surface area contributed by atoms with E-state index in [0.29, 0.717) is 18.7 Å². The molecule has 0 aliphatic carbocycles. The molecule has 1 aliphatic heterocycles. The zero-order valence-corrected chi connectivity index (χ0v) is 15.3. The molecule has 0 aromatic heterocycles. The topological polar surface area (TPSA) is 80.5 Å². The molecule has 1 amide bonds. The number of alkyl halides is 2. The van der Waals surface area contributed by atoms with Crippen molar-refractivity contribution < 1.29 is 22.0 Å². The molecule has 5 nitrogen and oxygen atoms in total. The second-order valence-corrected chi connectivity index (χ2v) is 8.52. The summed E-state index contributed by atoms with van der Waals surface area (Å²) in [5, 5.41) is 0. The normalized spacial score (nSPS) is 20.2. The fraction of sp³-hybridized carbons (Fsp3) is 0.316. The Morgan fingerprint density at radius 3 is 2.30 bits per heavy atom. The Morgan fingerprint density at radius 2 is 1.70 bits per heavy atom. The smallest absolute Gasteiger partial charge is 0.340 e. The van der Waals surface area contributed by atoms with E-state index in [-0.39, 0.29) is 24.3 Å². The molecular weight excluding hydrogens is 374 g/mol. The Hall–Kier alpha value is -2.32. The number of carbonyl (C=O) groups is 1. The van der Waals surface area contributed by atoms with Gasteiger partial charge in [-0.05, 0) is 23.3 Å². The predicted octanol–water partition coefficient (Wildman–Crippen LogP) is 2.18. The van der Waals surface area contributed by atoms with Crippen molar-refractivity contribution >= 4 is 15.7 Å². The minimum absolute atomic E-state index is 0.0588. The van der Waals surface area contributed by atoms with Crippen LogP contribution in [-0.4, -0.2) is 44.1 Å². The molecular formula is C19H20F2N2O3S. The predicted molar refractivity (Wildman–Crippen MR) is 97.1 cm³/mol. The third-order valence-electron chi connectivity index (χ3n) is 4.79. The zero-order chi connectivity index (χ0) is 19.6. The first-order valence-corrected chi connectivity index (χ1v) is 10.0. The number of amides is 1. The second-order valence-electron chi connectivity index (χ2n) is 6.61. The van der Waals surface area contributed by atoms with Gasteiger partial charge in [0.25, 0.3) is 0 Å². The van der Waals surface area contributed by atoms with Crippen LogP contribution in [0.15, 0.2) is 59.5 Å². The van der Waals surface area contributed by atoms with Crippen LogP contribution in [0, 0.1) is 0 Å². The Kier molecular flexibility index (Phi) is 5.57. The van der Waals surface area contributed by atoms with Gasteiger partial charge in [0.2, 0.25) is 15.7 Å². The first-order valence-electron chi connectivity index (χ1n) is 8.48. The number of hydrogen-bond donors (Lipinski definition) is 1. The first kappa shape index (κ1) is 19.4. The Balaban J connectivity index is 1.66. The van der Waals surface area contributed by atoms with Crippen molar-refractivity contribution in [2.45, 2.75) is 29.0 Å². The summed E-state index contributed by atoms with van der Waals surface area (Å²) in [7, 11) is -4.63. The highest BCUT2D eigenvalue weighted by atomic mass is 32.2. The Labute approximate surface area is 156 Å². The van der Waals surface area contributed by atoms with Gasteiger partial charge in [-0.25, -0.2) is 8.42 Å². The van der Waals surface area contributed by atoms with Gasteiger partial charge in [-0.2, -0.15) is 8.78 Å². The van der Waals surface area contributed by atoms with E-state index in [0.717, 1.165) is 17.7 Å². The third kappa shape index (κ3) is 4.17. The highest BCUT2D eigenvalue weighted by molar-refractivity contribution is 7.91. The zero-order valence-electron chi connectivity index (χ0n) is 14.5. The number of nitrogens with zero attached hydrogens (tertiary/aromatic N) is 1. The largest absolute Gasteiger partial charge is 0.341 e. The van der Waals surface area contributed by atoms with Gasteiger partial charge in [0.1, 0.15) is 0 Å². The summed E-state index contributed by atoms with van der Waals surface area (Å²) in [5.74, 6) is -3.53. The van der Waals surface area contributed by atoms with Gasteiger partial charge in [-0.1, -0.05) is 42.5 Å². The Bertz CT molecular complexity index is 902. The number of likely N-dealkylation sites (tertiary alicyclic amines) is 1.